The summed E-state index contributed by atoms with van der Waals surface area (Å²) >= 11 is 0. The number of alkyl halides is 3. The lowest BCUT2D eigenvalue weighted by Gasteiger charge is -2.26. The number of nitrogens with zero attached hydrogens (tertiary/aromatic N) is 2. The molecule has 0 atom stereocenters. The zero-order valence-electron chi connectivity index (χ0n) is 16.0. The van der Waals surface area contributed by atoms with E-state index in [9.17, 15) is 21.6 Å². The summed E-state index contributed by atoms with van der Waals surface area (Å²) in [4.78, 5) is 4.05. The van der Waals surface area contributed by atoms with Crippen molar-refractivity contribution in [1.29, 1.82) is 0 Å². The van der Waals surface area contributed by atoms with Crippen molar-refractivity contribution in [3.63, 3.8) is 0 Å². The van der Waals surface area contributed by atoms with Crippen LogP contribution in [0.15, 0.2) is 72.9 Å². The summed E-state index contributed by atoms with van der Waals surface area (Å²) in [5, 5.41) is 0. The van der Waals surface area contributed by atoms with E-state index >= 15 is 0 Å². The molecule has 3 rings (SSSR count). The van der Waals surface area contributed by atoms with Gasteiger partial charge in [0.25, 0.3) is 0 Å². The first-order valence-electron chi connectivity index (χ1n) is 8.95. The van der Waals surface area contributed by atoms with Crippen molar-refractivity contribution in [2.45, 2.75) is 19.6 Å². The van der Waals surface area contributed by atoms with Crippen LogP contribution in [0.5, 0.6) is 11.5 Å². The molecular weight excluding hydrogens is 417 g/mol. The van der Waals surface area contributed by atoms with Crippen LogP contribution in [0.1, 0.15) is 11.3 Å². The summed E-state index contributed by atoms with van der Waals surface area (Å²) in [6.45, 7) is 1.29. The average Bonchev–Trinajstić information content (AvgIpc) is 2.66. The molecular formula is C21H19F3N2O3S. The van der Waals surface area contributed by atoms with E-state index in [4.69, 9.17) is 4.74 Å². The van der Waals surface area contributed by atoms with Crippen molar-refractivity contribution in [2.24, 2.45) is 0 Å². The van der Waals surface area contributed by atoms with E-state index in [-0.39, 0.29) is 12.2 Å². The molecule has 0 radical (unpaired) electrons. The zero-order valence-corrected chi connectivity index (χ0v) is 16.8. The van der Waals surface area contributed by atoms with E-state index in [0.717, 1.165) is 4.31 Å². The maximum Gasteiger partial charge on any atom is 0.404 e. The SMILES string of the molecule is Cc1cc(Oc2ccccc2)ccc1N(Cc1ccccn1)S(=O)(=O)CC(F)(F)F. The van der Waals surface area contributed by atoms with Crippen molar-refractivity contribution in [3.8, 4) is 11.5 Å². The maximum atomic E-state index is 12.9. The molecule has 2 aromatic carbocycles. The Morgan fingerprint density at radius 1 is 0.967 bits per heavy atom. The molecule has 0 saturated heterocycles. The standard InChI is InChI=1S/C21H19F3N2O3S/c1-16-13-19(29-18-8-3-2-4-9-18)10-11-20(16)26(14-17-7-5-6-12-25-17)30(27,28)15-21(22,23)24/h2-13H,14-15H2,1H3. The first kappa shape index (κ1) is 21.6. The summed E-state index contributed by atoms with van der Waals surface area (Å²) in [5.41, 5.74) is 0.905. The quantitative estimate of drug-likeness (QED) is 0.518. The van der Waals surface area contributed by atoms with Gasteiger partial charge in [0, 0.05) is 6.20 Å². The summed E-state index contributed by atoms with van der Waals surface area (Å²) in [6, 6.07) is 18.3. The number of anilines is 1. The predicted octanol–water partition coefficient (Wildman–Crippen LogP) is 5.08. The minimum Gasteiger partial charge on any atom is -0.457 e. The van der Waals surface area contributed by atoms with Crippen molar-refractivity contribution in [1.82, 2.24) is 4.98 Å². The fourth-order valence-corrected chi connectivity index (χ4v) is 4.26. The number of sulfonamides is 1. The van der Waals surface area contributed by atoms with E-state index in [1.54, 1.807) is 55.5 Å². The zero-order chi connectivity index (χ0) is 21.8. The molecule has 0 unspecified atom stereocenters. The molecule has 0 spiro atoms. The van der Waals surface area contributed by atoms with Crippen LogP contribution < -0.4 is 9.04 Å². The third-order valence-electron chi connectivity index (χ3n) is 4.13. The number of benzene rings is 2. The Labute approximate surface area is 172 Å². The Kier molecular flexibility index (Phi) is 6.31. The minimum atomic E-state index is -4.87. The number of halogens is 3. The molecule has 3 aromatic rings. The van der Waals surface area contributed by atoms with E-state index < -0.39 is 22.0 Å². The fourth-order valence-electron chi connectivity index (χ4n) is 2.85. The third-order valence-corrected chi connectivity index (χ3v) is 5.82. The van der Waals surface area contributed by atoms with Crippen LogP contribution in [-0.4, -0.2) is 25.3 Å². The fraction of sp³-hybridized carbons (Fsp3) is 0.190. The lowest BCUT2D eigenvalue weighted by Crippen LogP contribution is -2.38. The molecule has 0 aliphatic carbocycles. The summed E-state index contributed by atoms with van der Waals surface area (Å²) < 4.78 is 70.5. The maximum absolute atomic E-state index is 12.9. The molecule has 0 N–H and O–H groups in total. The van der Waals surface area contributed by atoms with Gasteiger partial charge in [0.2, 0.25) is 10.0 Å². The van der Waals surface area contributed by atoms with Crippen LogP contribution in [0.4, 0.5) is 18.9 Å². The Balaban J connectivity index is 1.96. The molecule has 30 heavy (non-hydrogen) atoms. The second kappa shape index (κ2) is 8.74. The third kappa shape index (κ3) is 5.73. The van der Waals surface area contributed by atoms with Gasteiger partial charge >= 0.3 is 6.18 Å². The topological polar surface area (TPSA) is 59.5 Å². The number of ether oxygens (including phenoxy) is 1. The molecule has 158 valence electrons. The molecule has 0 aliphatic rings. The van der Waals surface area contributed by atoms with Gasteiger partial charge < -0.3 is 4.74 Å². The van der Waals surface area contributed by atoms with Crippen LogP contribution in [-0.2, 0) is 16.6 Å². The molecule has 0 aliphatic heterocycles. The van der Waals surface area contributed by atoms with Crippen molar-refractivity contribution in [3.05, 3.63) is 84.2 Å². The van der Waals surface area contributed by atoms with Crippen LogP contribution in [0, 0.1) is 6.92 Å². The van der Waals surface area contributed by atoms with Gasteiger partial charge in [-0.1, -0.05) is 24.3 Å². The largest absolute Gasteiger partial charge is 0.457 e. The highest BCUT2D eigenvalue weighted by Crippen LogP contribution is 2.32. The van der Waals surface area contributed by atoms with Crippen molar-refractivity contribution >= 4 is 15.7 Å². The predicted molar refractivity (Wildman–Crippen MR) is 108 cm³/mol. The molecule has 0 saturated carbocycles. The summed E-state index contributed by atoms with van der Waals surface area (Å²) in [6.07, 6.45) is -3.42. The number of hydrogen-bond donors (Lipinski definition) is 0. The Morgan fingerprint density at radius 3 is 2.27 bits per heavy atom. The van der Waals surface area contributed by atoms with Crippen LogP contribution in [0.25, 0.3) is 0 Å². The first-order valence-corrected chi connectivity index (χ1v) is 10.6. The second-order valence-electron chi connectivity index (χ2n) is 6.56. The lowest BCUT2D eigenvalue weighted by molar-refractivity contribution is -0.106. The van der Waals surface area contributed by atoms with E-state index in [0.29, 0.717) is 22.8 Å². The highest BCUT2D eigenvalue weighted by Gasteiger charge is 2.39. The minimum absolute atomic E-state index is 0.130. The second-order valence-corrected chi connectivity index (χ2v) is 8.46. The Hall–Kier alpha value is -3.07. The number of pyridine rings is 1. The average molecular weight is 436 g/mol. The van der Waals surface area contributed by atoms with Gasteiger partial charge in [0.05, 0.1) is 17.9 Å². The number of aromatic nitrogens is 1. The monoisotopic (exact) mass is 436 g/mol. The summed E-state index contributed by atoms with van der Waals surface area (Å²) in [7, 11) is -4.70. The molecule has 9 heteroatoms. The number of para-hydroxylation sites is 1. The van der Waals surface area contributed by atoms with E-state index in [1.165, 1.54) is 18.3 Å². The van der Waals surface area contributed by atoms with Crippen molar-refractivity contribution < 1.29 is 26.3 Å². The molecule has 0 fully saturated rings. The Bertz CT molecular complexity index is 1090. The number of rotatable bonds is 7. The molecule has 5 nitrogen and oxygen atoms in total. The number of aryl methyl sites for hydroxylation is 1. The van der Waals surface area contributed by atoms with Gasteiger partial charge in [-0.25, -0.2) is 8.42 Å². The highest BCUT2D eigenvalue weighted by atomic mass is 32.2. The van der Waals surface area contributed by atoms with Gasteiger partial charge in [-0.3, -0.25) is 9.29 Å². The molecule has 0 amide bonds. The Morgan fingerprint density at radius 2 is 1.67 bits per heavy atom. The summed E-state index contributed by atoms with van der Waals surface area (Å²) in [5.74, 6) is -0.942. The van der Waals surface area contributed by atoms with Gasteiger partial charge in [0.1, 0.15) is 11.5 Å². The molecule has 1 heterocycles. The van der Waals surface area contributed by atoms with E-state index in [2.05, 4.69) is 4.98 Å². The van der Waals surface area contributed by atoms with Crippen LogP contribution in [0.2, 0.25) is 0 Å². The van der Waals surface area contributed by atoms with Crippen LogP contribution >= 0.6 is 0 Å². The smallest absolute Gasteiger partial charge is 0.404 e. The van der Waals surface area contributed by atoms with E-state index in [1.807, 2.05) is 6.07 Å². The van der Waals surface area contributed by atoms with Crippen LogP contribution in [0.3, 0.4) is 0 Å². The van der Waals surface area contributed by atoms with Gasteiger partial charge in [-0.15, -0.1) is 0 Å². The van der Waals surface area contributed by atoms with Gasteiger partial charge in [-0.05, 0) is 55.0 Å². The normalized spacial score (nSPS) is 11.9. The molecule has 1 aromatic heterocycles. The van der Waals surface area contributed by atoms with Gasteiger partial charge in [-0.2, -0.15) is 13.2 Å². The number of hydrogen-bond acceptors (Lipinski definition) is 4. The lowest BCUT2D eigenvalue weighted by atomic mass is 10.2. The first-order chi connectivity index (χ1) is 14.1. The highest BCUT2D eigenvalue weighted by molar-refractivity contribution is 7.92. The van der Waals surface area contributed by atoms with Gasteiger partial charge in [0.15, 0.2) is 5.75 Å². The molecule has 0 bridgehead atoms. The van der Waals surface area contributed by atoms with Crippen molar-refractivity contribution in [2.75, 3.05) is 10.1 Å².